The van der Waals surface area contributed by atoms with Crippen LogP contribution in [0.15, 0.2) is 41.0 Å². The molecule has 10 nitrogen and oxygen atoms in total. The summed E-state index contributed by atoms with van der Waals surface area (Å²) in [5, 5.41) is 36.4. The molecule has 1 fully saturated rings. The maximum atomic E-state index is 12.5. The number of amides is 2. The first-order valence-electron chi connectivity index (χ1n) is 14.8. The Balaban J connectivity index is 1.75. The Kier molecular flexibility index (Phi) is 10.4. The molecule has 4 heterocycles. The Morgan fingerprint density at radius 2 is 1.73 bits per heavy atom. The van der Waals surface area contributed by atoms with Crippen molar-refractivity contribution in [2.24, 2.45) is 11.8 Å². The zero-order chi connectivity index (χ0) is 32.3. The Morgan fingerprint density at radius 3 is 2.34 bits per heavy atom. The number of aliphatic hydroxyl groups is 2. The predicted octanol–water partition coefficient (Wildman–Crippen LogP) is 3.52. The summed E-state index contributed by atoms with van der Waals surface area (Å²) >= 11 is 4.21. The molecule has 44 heavy (non-hydrogen) atoms. The molecule has 0 aromatic carbocycles. The molecule has 0 saturated carbocycles. The van der Waals surface area contributed by atoms with Crippen LogP contribution in [0.5, 0.6) is 0 Å². The summed E-state index contributed by atoms with van der Waals surface area (Å²) in [6.45, 7) is 11.5. The molecule has 2 aliphatic rings. The average molecular weight is 623 g/mol. The third-order valence-corrected chi connectivity index (χ3v) is 9.13. The first-order valence-corrected chi connectivity index (χ1v) is 15.3. The van der Waals surface area contributed by atoms with Gasteiger partial charge in [0.05, 0.1) is 6.04 Å². The van der Waals surface area contributed by atoms with Crippen molar-refractivity contribution in [3.05, 3.63) is 86.0 Å². The number of aromatic amines is 2. The number of carbonyl (C=O) groups excluding carboxylic acids is 2. The zero-order valence-corrected chi connectivity index (χ0v) is 26.5. The summed E-state index contributed by atoms with van der Waals surface area (Å²) in [4.78, 5) is 43.5. The number of aliphatic hydroxyl groups excluding tert-OH is 1. The van der Waals surface area contributed by atoms with E-state index in [0.717, 1.165) is 56.3 Å². The number of H-pyrrole nitrogens is 2. The summed E-state index contributed by atoms with van der Waals surface area (Å²) in [5.74, 6) is -1.51. The van der Waals surface area contributed by atoms with Crippen molar-refractivity contribution in [3.8, 4) is 0 Å². The molecule has 0 spiro atoms. The number of carboxylic acids is 1. The molecule has 2 aromatic heterocycles. The largest absolute Gasteiger partial charge is 0.481 e. The highest BCUT2D eigenvalue weighted by Gasteiger charge is 2.34. The number of allylic oxidation sites excluding steroid dienone is 1. The lowest BCUT2D eigenvalue weighted by atomic mass is 9.94. The minimum absolute atomic E-state index is 0.0343. The fourth-order valence-corrected chi connectivity index (χ4v) is 6.47. The van der Waals surface area contributed by atoms with Gasteiger partial charge in [0.1, 0.15) is 0 Å². The van der Waals surface area contributed by atoms with E-state index >= 15 is 0 Å². The lowest BCUT2D eigenvalue weighted by Gasteiger charge is -2.12. The first kappa shape index (κ1) is 33.1. The van der Waals surface area contributed by atoms with E-state index < -0.39 is 12.3 Å². The molecule has 0 unspecified atom stereocenters. The third kappa shape index (κ3) is 6.95. The molecule has 2 amide bonds. The molecule has 4 rings (SSSR count). The van der Waals surface area contributed by atoms with Crippen molar-refractivity contribution in [2.45, 2.75) is 78.6 Å². The lowest BCUT2D eigenvalue weighted by Crippen LogP contribution is -2.30. The van der Waals surface area contributed by atoms with Gasteiger partial charge >= 0.3 is 5.97 Å². The maximum absolute atomic E-state index is 12.5. The zero-order valence-electron chi connectivity index (χ0n) is 25.6. The van der Waals surface area contributed by atoms with Crippen molar-refractivity contribution < 1.29 is 29.7 Å². The van der Waals surface area contributed by atoms with Crippen LogP contribution >= 0.6 is 12.6 Å². The highest BCUT2D eigenvalue weighted by atomic mass is 32.1. The molecule has 236 valence electrons. The molecule has 2 aromatic rings. The van der Waals surface area contributed by atoms with E-state index in [4.69, 9.17) is 0 Å². The highest BCUT2D eigenvalue weighted by Crippen LogP contribution is 2.33. The van der Waals surface area contributed by atoms with Crippen LogP contribution in [0.1, 0.15) is 71.7 Å². The second kappa shape index (κ2) is 13.9. The van der Waals surface area contributed by atoms with Gasteiger partial charge in [-0.2, -0.15) is 12.6 Å². The Hall–Kier alpha value is -3.80. The van der Waals surface area contributed by atoms with Crippen LogP contribution in [0.2, 0.25) is 0 Å². The van der Waals surface area contributed by atoms with Crippen LogP contribution in [0, 0.1) is 25.7 Å². The van der Waals surface area contributed by atoms with Crippen molar-refractivity contribution in [2.75, 3.05) is 0 Å². The molecule has 0 radical (unpaired) electrons. The number of carbonyl (C=O) groups is 3. The monoisotopic (exact) mass is 622 g/mol. The second-order valence-corrected chi connectivity index (χ2v) is 12.0. The van der Waals surface area contributed by atoms with Crippen LogP contribution < -0.4 is 10.6 Å². The van der Waals surface area contributed by atoms with Gasteiger partial charge in [-0.05, 0) is 72.9 Å². The van der Waals surface area contributed by atoms with Gasteiger partial charge in [0, 0.05) is 71.6 Å². The lowest BCUT2D eigenvalue weighted by molar-refractivity contribution is -0.137. The van der Waals surface area contributed by atoms with Crippen molar-refractivity contribution in [1.29, 1.82) is 0 Å². The first-order chi connectivity index (χ1) is 20.9. The van der Waals surface area contributed by atoms with Crippen LogP contribution in [0.3, 0.4) is 0 Å². The SMILES string of the molecule is C=CC1=C(C)[C@@H](Cc2[nH]c(Cc3[nH]c(/C=C4\NC(=O)[C@H](C)[C@H]4/C=C/S)c(C)c3CCC(O)O)c(CCC(=O)O)c2C)NC1=O. The minimum Gasteiger partial charge on any atom is -0.481 e. The molecule has 7 N–H and O–H groups in total. The van der Waals surface area contributed by atoms with Crippen LogP contribution in [0.25, 0.3) is 6.08 Å². The van der Waals surface area contributed by atoms with E-state index in [1.807, 2.05) is 39.8 Å². The summed E-state index contributed by atoms with van der Waals surface area (Å²) in [6.07, 6.45) is 5.67. The number of aliphatic carboxylic acids is 1. The van der Waals surface area contributed by atoms with Crippen molar-refractivity contribution in [1.82, 2.24) is 20.6 Å². The number of rotatable bonds is 13. The van der Waals surface area contributed by atoms with Crippen molar-refractivity contribution >= 4 is 36.5 Å². The van der Waals surface area contributed by atoms with E-state index in [0.29, 0.717) is 31.3 Å². The van der Waals surface area contributed by atoms with Gasteiger partial charge in [0.2, 0.25) is 5.91 Å². The molecule has 0 aliphatic carbocycles. The van der Waals surface area contributed by atoms with Gasteiger partial charge in [-0.15, -0.1) is 0 Å². The van der Waals surface area contributed by atoms with E-state index in [-0.39, 0.29) is 42.5 Å². The van der Waals surface area contributed by atoms with Crippen LogP contribution in [-0.4, -0.2) is 55.4 Å². The summed E-state index contributed by atoms with van der Waals surface area (Å²) in [7, 11) is 0. The molecular formula is C33H42N4O6S. The van der Waals surface area contributed by atoms with Gasteiger partial charge in [-0.25, -0.2) is 0 Å². The third-order valence-electron chi connectivity index (χ3n) is 8.95. The fourth-order valence-electron chi connectivity index (χ4n) is 6.29. The topological polar surface area (TPSA) is 168 Å². The van der Waals surface area contributed by atoms with E-state index in [1.165, 1.54) is 0 Å². The van der Waals surface area contributed by atoms with Gasteiger partial charge in [0.15, 0.2) is 6.29 Å². The van der Waals surface area contributed by atoms with Gasteiger partial charge in [-0.1, -0.05) is 25.7 Å². The smallest absolute Gasteiger partial charge is 0.303 e. The minimum atomic E-state index is -1.47. The number of aromatic nitrogens is 2. The second-order valence-electron chi connectivity index (χ2n) is 11.7. The average Bonchev–Trinajstić information content (AvgIpc) is 3.60. The number of nitrogens with one attached hydrogen (secondary N) is 4. The highest BCUT2D eigenvalue weighted by molar-refractivity contribution is 7.83. The van der Waals surface area contributed by atoms with E-state index in [2.05, 4.69) is 39.8 Å². The molecule has 11 heteroatoms. The molecular weight excluding hydrogens is 580 g/mol. The number of thiol groups is 1. The van der Waals surface area contributed by atoms with E-state index in [1.54, 1.807) is 11.5 Å². The number of hydrogen-bond acceptors (Lipinski definition) is 6. The predicted molar refractivity (Wildman–Crippen MR) is 172 cm³/mol. The van der Waals surface area contributed by atoms with Gasteiger partial charge in [0.25, 0.3) is 5.91 Å². The summed E-state index contributed by atoms with van der Waals surface area (Å²) < 4.78 is 0. The van der Waals surface area contributed by atoms with Crippen molar-refractivity contribution in [3.63, 3.8) is 0 Å². The summed E-state index contributed by atoms with van der Waals surface area (Å²) in [6, 6.07) is -0.205. The molecule has 0 bridgehead atoms. The molecule has 3 atom stereocenters. The Morgan fingerprint density at radius 1 is 1.05 bits per heavy atom. The molecule has 2 aliphatic heterocycles. The van der Waals surface area contributed by atoms with Crippen LogP contribution in [0.4, 0.5) is 0 Å². The van der Waals surface area contributed by atoms with E-state index in [9.17, 15) is 29.7 Å². The fraction of sp³-hybridized carbons (Fsp3) is 0.424. The normalized spacial score (nSPS) is 21.3. The van der Waals surface area contributed by atoms with Gasteiger partial charge < -0.3 is 35.9 Å². The Bertz CT molecular complexity index is 1560. The molecule has 1 saturated heterocycles. The van der Waals surface area contributed by atoms with Gasteiger partial charge in [-0.3, -0.25) is 14.4 Å². The Labute approximate surface area is 262 Å². The number of carboxylic acid groups (broad SMARTS) is 1. The van der Waals surface area contributed by atoms with Crippen LogP contribution in [-0.2, 0) is 40.1 Å². The maximum Gasteiger partial charge on any atom is 0.303 e. The number of hydrogen-bond donors (Lipinski definition) is 8. The summed E-state index contributed by atoms with van der Waals surface area (Å²) in [5.41, 5.74) is 9.39. The standard InChI is InChI=1S/C33H42N4O6S/c1-6-20-16(2)26(36-33(20)43)13-24-17(3)21(7-9-30(38)39)27(34-24)15-28-22(8-10-31(40)41)18(4)25(35-28)14-29-23(11-12-44)19(5)32(42)37-29/h6,11-12,14,19,23,26,31,34-35,40-41,44H,1,7-10,13,15H2,2-5H3,(H,36,43)(H,37,42)(H,38,39)/b12-11+,29-14-/t19-,23-,26-/m1/s1. The quantitative estimate of drug-likeness (QED) is 0.126.